The molecule has 1 saturated carbocycles. The number of carbonyl (C=O) groups is 2. The number of benzene rings is 2. The number of carbonyl (C=O) groups excluding carboxylic acids is 2. The highest BCUT2D eigenvalue weighted by atomic mass is 32.2. The van der Waals surface area contributed by atoms with E-state index < -0.39 is 22.1 Å². The first-order valence-corrected chi connectivity index (χ1v) is 10.8. The fourth-order valence-electron chi connectivity index (χ4n) is 3.25. The zero-order chi connectivity index (χ0) is 20.1. The van der Waals surface area contributed by atoms with Crippen LogP contribution in [0.15, 0.2) is 59.5 Å². The Kier molecular flexibility index (Phi) is 6.14. The topological polar surface area (TPSA) is 80.8 Å². The number of Topliss-reactive ketones (excluding diaryl/α,β-unsaturated/α-hetero) is 1. The van der Waals surface area contributed by atoms with E-state index in [9.17, 15) is 18.0 Å². The molecule has 0 heterocycles. The number of esters is 1. The molecule has 2 aromatic carbocycles. The lowest BCUT2D eigenvalue weighted by Gasteiger charge is -2.23. The Labute approximate surface area is 165 Å². The smallest absolute Gasteiger partial charge is 0.338 e. The van der Waals surface area contributed by atoms with Crippen molar-refractivity contribution in [3.8, 4) is 0 Å². The summed E-state index contributed by atoms with van der Waals surface area (Å²) in [5.41, 5.74) is 0.796. The number of rotatable bonds is 6. The van der Waals surface area contributed by atoms with E-state index in [0.29, 0.717) is 18.5 Å². The van der Waals surface area contributed by atoms with Gasteiger partial charge in [0, 0.05) is 13.0 Å². The van der Waals surface area contributed by atoms with Crippen molar-refractivity contribution in [3.63, 3.8) is 0 Å². The molecule has 148 valence electrons. The molecule has 0 aliphatic heterocycles. The second kappa shape index (κ2) is 8.56. The van der Waals surface area contributed by atoms with Gasteiger partial charge in [0.25, 0.3) is 10.0 Å². The molecule has 1 atom stereocenters. The average Bonchev–Trinajstić information content (AvgIpc) is 2.71. The molecule has 1 fully saturated rings. The van der Waals surface area contributed by atoms with E-state index in [0.717, 1.165) is 12.8 Å². The molecule has 0 N–H and O–H groups in total. The number of anilines is 1. The zero-order valence-corrected chi connectivity index (χ0v) is 16.5. The summed E-state index contributed by atoms with van der Waals surface area (Å²) < 4.78 is 32.6. The summed E-state index contributed by atoms with van der Waals surface area (Å²) in [7, 11) is -3.76. The van der Waals surface area contributed by atoms with Gasteiger partial charge in [-0.2, -0.15) is 0 Å². The van der Waals surface area contributed by atoms with E-state index in [4.69, 9.17) is 4.74 Å². The van der Waals surface area contributed by atoms with Crippen LogP contribution in [0.25, 0.3) is 0 Å². The van der Waals surface area contributed by atoms with Gasteiger partial charge < -0.3 is 4.74 Å². The van der Waals surface area contributed by atoms with Gasteiger partial charge in [-0.15, -0.1) is 0 Å². The molecule has 0 amide bonds. The molecule has 0 radical (unpaired) electrons. The minimum absolute atomic E-state index is 0.0553. The second-order valence-corrected chi connectivity index (χ2v) is 8.50. The molecule has 6 nitrogen and oxygen atoms in total. The summed E-state index contributed by atoms with van der Waals surface area (Å²) in [6.45, 7) is 2.04. The van der Waals surface area contributed by atoms with Crippen molar-refractivity contribution >= 4 is 27.5 Å². The number of para-hydroxylation sites is 1. The fraction of sp³-hybridized carbons (Fsp3) is 0.333. The molecule has 0 aromatic heterocycles. The van der Waals surface area contributed by atoms with Crippen LogP contribution in [0.5, 0.6) is 0 Å². The highest BCUT2D eigenvalue weighted by Gasteiger charge is 2.27. The molecule has 3 rings (SSSR count). The quantitative estimate of drug-likeness (QED) is 0.691. The van der Waals surface area contributed by atoms with Gasteiger partial charge in [-0.25, -0.2) is 13.2 Å². The van der Waals surface area contributed by atoms with E-state index in [1.807, 2.05) is 6.07 Å². The lowest BCUT2D eigenvalue weighted by molar-refractivity contribution is -0.129. The van der Waals surface area contributed by atoms with Crippen LogP contribution >= 0.6 is 0 Å². The first kappa shape index (κ1) is 20.1. The third-order valence-electron chi connectivity index (χ3n) is 4.76. The summed E-state index contributed by atoms with van der Waals surface area (Å²) >= 11 is 0. The van der Waals surface area contributed by atoms with E-state index >= 15 is 0 Å². The van der Waals surface area contributed by atoms with Crippen LogP contribution in [-0.4, -0.2) is 32.8 Å². The Morgan fingerprint density at radius 1 is 1.07 bits per heavy atom. The maximum Gasteiger partial charge on any atom is 0.338 e. The minimum atomic E-state index is -3.76. The van der Waals surface area contributed by atoms with Crippen LogP contribution in [0.3, 0.4) is 0 Å². The third kappa shape index (κ3) is 4.25. The van der Waals surface area contributed by atoms with E-state index in [1.165, 1.54) is 28.6 Å². The maximum atomic E-state index is 13.0. The Hall–Kier alpha value is -2.67. The van der Waals surface area contributed by atoms with Gasteiger partial charge in [0.1, 0.15) is 0 Å². The molecule has 28 heavy (non-hydrogen) atoms. The number of hydrogen-bond donors (Lipinski definition) is 0. The number of ether oxygens (including phenoxy) is 1. The van der Waals surface area contributed by atoms with Crippen molar-refractivity contribution in [1.82, 2.24) is 0 Å². The maximum absolute atomic E-state index is 13.0. The number of ketones is 1. The highest BCUT2D eigenvalue weighted by Crippen LogP contribution is 2.24. The lowest BCUT2D eigenvalue weighted by atomic mass is 9.96. The van der Waals surface area contributed by atoms with Gasteiger partial charge in [-0.1, -0.05) is 18.2 Å². The highest BCUT2D eigenvalue weighted by molar-refractivity contribution is 7.92. The molecule has 0 saturated heterocycles. The van der Waals surface area contributed by atoms with E-state index in [1.54, 1.807) is 31.2 Å². The average molecular weight is 401 g/mol. The van der Waals surface area contributed by atoms with Crippen LogP contribution < -0.4 is 4.31 Å². The van der Waals surface area contributed by atoms with Crippen molar-refractivity contribution in [2.75, 3.05) is 10.8 Å². The Morgan fingerprint density at radius 3 is 2.36 bits per heavy atom. The van der Waals surface area contributed by atoms with Crippen molar-refractivity contribution < 1.29 is 22.7 Å². The van der Waals surface area contributed by atoms with Crippen molar-refractivity contribution in [2.45, 2.75) is 43.6 Å². The van der Waals surface area contributed by atoms with Gasteiger partial charge in [0.05, 0.1) is 16.1 Å². The van der Waals surface area contributed by atoms with Crippen LogP contribution in [0, 0.1) is 0 Å². The van der Waals surface area contributed by atoms with E-state index in [-0.39, 0.29) is 22.8 Å². The Balaban J connectivity index is 1.77. The third-order valence-corrected chi connectivity index (χ3v) is 6.67. The first-order chi connectivity index (χ1) is 13.4. The fourth-order valence-corrected chi connectivity index (χ4v) is 4.72. The van der Waals surface area contributed by atoms with Crippen LogP contribution in [0.1, 0.15) is 43.0 Å². The van der Waals surface area contributed by atoms with Crippen LogP contribution in [0.2, 0.25) is 0 Å². The van der Waals surface area contributed by atoms with Crippen LogP contribution in [0.4, 0.5) is 5.69 Å². The van der Waals surface area contributed by atoms with Crippen molar-refractivity contribution in [1.29, 1.82) is 0 Å². The predicted molar refractivity (Wildman–Crippen MR) is 106 cm³/mol. The van der Waals surface area contributed by atoms with Gasteiger partial charge in [0.15, 0.2) is 11.9 Å². The minimum Gasteiger partial charge on any atom is -0.451 e. The summed E-state index contributed by atoms with van der Waals surface area (Å²) in [4.78, 5) is 24.2. The molecular weight excluding hydrogens is 378 g/mol. The number of hydrogen-bond acceptors (Lipinski definition) is 5. The molecule has 0 spiro atoms. The number of nitrogens with zero attached hydrogens (tertiary/aromatic N) is 1. The lowest BCUT2D eigenvalue weighted by Crippen LogP contribution is -2.31. The Morgan fingerprint density at radius 2 is 1.75 bits per heavy atom. The molecular formula is C21H23NO5S. The van der Waals surface area contributed by atoms with Crippen LogP contribution in [-0.2, 0) is 19.6 Å². The van der Waals surface area contributed by atoms with Crippen molar-refractivity contribution in [2.24, 2.45) is 0 Å². The standard InChI is InChI=1S/C21H23NO5S/c1-2-22(17-8-4-3-5-9-17)28(25,26)18-14-12-16(13-15-18)21(24)27-20-11-7-6-10-19(20)23/h3-5,8-9,12-15,20H,2,6-7,10-11H2,1H3/t20-/m1/s1. The molecule has 7 heteroatoms. The largest absolute Gasteiger partial charge is 0.451 e. The first-order valence-electron chi connectivity index (χ1n) is 9.35. The van der Waals surface area contributed by atoms with Gasteiger partial charge in [-0.05, 0) is 62.6 Å². The van der Waals surface area contributed by atoms with Gasteiger partial charge in [-0.3, -0.25) is 9.10 Å². The second-order valence-electron chi connectivity index (χ2n) is 6.64. The molecule has 1 aliphatic carbocycles. The molecule has 0 unspecified atom stereocenters. The zero-order valence-electron chi connectivity index (χ0n) is 15.7. The monoisotopic (exact) mass is 401 g/mol. The summed E-state index contributed by atoms with van der Waals surface area (Å²) in [5, 5.41) is 0. The SMILES string of the molecule is CCN(c1ccccc1)S(=O)(=O)c1ccc(C(=O)O[C@@H]2CCCCC2=O)cc1. The summed E-state index contributed by atoms with van der Waals surface area (Å²) in [6.07, 6.45) is 1.96. The number of sulfonamides is 1. The van der Waals surface area contributed by atoms with E-state index in [2.05, 4.69) is 0 Å². The van der Waals surface area contributed by atoms with Gasteiger partial charge in [0.2, 0.25) is 0 Å². The molecule has 0 bridgehead atoms. The van der Waals surface area contributed by atoms with Gasteiger partial charge >= 0.3 is 5.97 Å². The van der Waals surface area contributed by atoms with Crippen molar-refractivity contribution in [3.05, 3.63) is 60.2 Å². The summed E-state index contributed by atoms with van der Waals surface area (Å²) in [5.74, 6) is -0.667. The molecule has 1 aliphatic rings. The molecule has 2 aromatic rings. The Bertz CT molecular complexity index is 939. The predicted octanol–water partition coefficient (Wildman–Crippen LogP) is 3.57. The normalized spacial score (nSPS) is 17.2. The summed E-state index contributed by atoms with van der Waals surface area (Å²) in [6, 6.07) is 14.4.